The zero-order valence-electron chi connectivity index (χ0n) is 13.4. The third-order valence-electron chi connectivity index (χ3n) is 2.81. The Morgan fingerprint density at radius 3 is 2.45 bits per heavy atom. The van der Waals surface area contributed by atoms with Gasteiger partial charge in [-0.15, -0.1) is 0 Å². The van der Waals surface area contributed by atoms with Gasteiger partial charge in [-0.3, -0.25) is 4.79 Å². The van der Waals surface area contributed by atoms with Gasteiger partial charge in [0.1, 0.15) is 5.75 Å². The summed E-state index contributed by atoms with van der Waals surface area (Å²) < 4.78 is 5.39. The minimum absolute atomic E-state index is 0.121. The first-order chi connectivity index (χ1) is 10.6. The summed E-state index contributed by atoms with van der Waals surface area (Å²) in [6, 6.07) is 6.87. The second-order valence-corrected chi connectivity index (χ2v) is 5.97. The first-order valence-electron chi connectivity index (χ1n) is 7.61. The average molecular weight is 324 g/mol. The Balaban J connectivity index is 2.68. The number of hydrogen-bond acceptors (Lipinski definition) is 4. The molecule has 0 saturated heterocycles. The van der Waals surface area contributed by atoms with E-state index >= 15 is 0 Å². The van der Waals surface area contributed by atoms with Gasteiger partial charge in [0, 0.05) is 24.8 Å². The third-order valence-corrected chi connectivity index (χ3v) is 3.46. The number of benzene rings is 1. The van der Waals surface area contributed by atoms with Gasteiger partial charge in [-0.1, -0.05) is 38.6 Å². The number of rotatable bonds is 7. The first-order valence-corrected chi connectivity index (χ1v) is 8.59. The van der Waals surface area contributed by atoms with Crippen molar-refractivity contribution >= 4 is 28.8 Å². The molecule has 22 heavy (non-hydrogen) atoms. The molecule has 0 aliphatic rings. The molecule has 1 aromatic carbocycles. The minimum Gasteiger partial charge on any atom is -0.410 e. The molecule has 0 bridgehead atoms. The smallest absolute Gasteiger partial charge is 0.410 e. The lowest BCUT2D eigenvalue weighted by atomic mass is 10.3. The Morgan fingerprint density at radius 2 is 1.86 bits per heavy atom. The van der Waals surface area contributed by atoms with E-state index in [1.807, 2.05) is 20.8 Å². The number of anilines is 1. The summed E-state index contributed by atoms with van der Waals surface area (Å²) in [6.45, 7) is 7.32. The van der Waals surface area contributed by atoms with Crippen LogP contribution in [0, 0.1) is 0 Å². The van der Waals surface area contributed by atoms with Crippen LogP contribution in [0.5, 0.6) is 5.75 Å². The molecule has 0 unspecified atom stereocenters. The predicted octanol–water partition coefficient (Wildman–Crippen LogP) is 4.59. The highest BCUT2D eigenvalue weighted by Gasteiger charge is 2.14. The lowest BCUT2D eigenvalue weighted by molar-refractivity contribution is 0.152. The molecule has 0 radical (unpaired) electrons. The highest BCUT2D eigenvalue weighted by atomic mass is 32.2. The van der Waals surface area contributed by atoms with Gasteiger partial charge in [0.05, 0.1) is 0 Å². The van der Waals surface area contributed by atoms with Crippen molar-refractivity contribution < 1.29 is 14.3 Å². The van der Waals surface area contributed by atoms with Crippen molar-refractivity contribution in [2.75, 3.05) is 24.2 Å². The van der Waals surface area contributed by atoms with Crippen LogP contribution in [0.2, 0.25) is 0 Å². The van der Waals surface area contributed by atoms with Crippen LogP contribution in [0.25, 0.3) is 0 Å². The van der Waals surface area contributed by atoms with E-state index in [1.54, 1.807) is 29.2 Å². The van der Waals surface area contributed by atoms with E-state index in [9.17, 15) is 9.59 Å². The van der Waals surface area contributed by atoms with E-state index in [2.05, 4.69) is 5.32 Å². The van der Waals surface area contributed by atoms with Gasteiger partial charge in [0.15, 0.2) is 0 Å². The quantitative estimate of drug-likeness (QED) is 0.797. The summed E-state index contributed by atoms with van der Waals surface area (Å²) in [7, 11) is 0. The lowest BCUT2D eigenvalue weighted by Gasteiger charge is -2.20. The van der Waals surface area contributed by atoms with Gasteiger partial charge < -0.3 is 15.0 Å². The van der Waals surface area contributed by atoms with Gasteiger partial charge in [-0.25, -0.2) is 4.79 Å². The van der Waals surface area contributed by atoms with Crippen molar-refractivity contribution in [1.29, 1.82) is 0 Å². The summed E-state index contributed by atoms with van der Waals surface area (Å²) in [5.41, 5.74) is 0.619. The standard InChI is InChI=1S/C16H24N2O3S/c1-4-10-18(11-5-2)16(20)21-14-9-7-8-13(12-14)17-15(19)22-6-3/h7-9,12H,4-6,10-11H2,1-3H3,(H,17,19). The Morgan fingerprint density at radius 1 is 1.18 bits per heavy atom. The fraction of sp³-hybridized carbons (Fsp3) is 0.500. The topological polar surface area (TPSA) is 58.6 Å². The zero-order chi connectivity index (χ0) is 16.4. The summed E-state index contributed by atoms with van der Waals surface area (Å²) in [4.78, 5) is 25.4. The van der Waals surface area contributed by atoms with Crippen molar-refractivity contribution in [3.8, 4) is 5.75 Å². The largest absolute Gasteiger partial charge is 0.415 e. The lowest BCUT2D eigenvalue weighted by Crippen LogP contribution is -2.34. The molecule has 0 aromatic heterocycles. The molecule has 6 heteroatoms. The van der Waals surface area contributed by atoms with Crippen molar-refractivity contribution in [2.24, 2.45) is 0 Å². The maximum absolute atomic E-state index is 12.1. The number of thioether (sulfide) groups is 1. The number of hydrogen-bond donors (Lipinski definition) is 1. The Labute approximate surface area is 136 Å². The molecular formula is C16H24N2O3S. The number of nitrogens with zero attached hydrogens (tertiary/aromatic N) is 1. The fourth-order valence-corrected chi connectivity index (χ4v) is 2.37. The van der Waals surface area contributed by atoms with E-state index in [-0.39, 0.29) is 11.3 Å². The highest BCUT2D eigenvalue weighted by Crippen LogP contribution is 2.19. The van der Waals surface area contributed by atoms with Crippen LogP contribution in [-0.4, -0.2) is 35.1 Å². The van der Waals surface area contributed by atoms with Crippen LogP contribution in [0.3, 0.4) is 0 Å². The maximum atomic E-state index is 12.1. The van der Waals surface area contributed by atoms with Gasteiger partial charge in [0.2, 0.25) is 0 Å². The summed E-state index contributed by atoms with van der Waals surface area (Å²) in [6.07, 6.45) is 1.42. The first kappa shape index (κ1) is 18.4. The second kappa shape index (κ2) is 10.1. The second-order valence-electron chi connectivity index (χ2n) is 4.73. The summed E-state index contributed by atoms with van der Waals surface area (Å²) >= 11 is 1.20. The Kier molecular flexibility index (Phi) is 8.43. The van der Waals surface area contributed by atoms with Crippen LogP contribution in [0.4, 0.5) is 15.3 Å². The van der Waals surface area contributed by atoms with Crippen LogP contribution in [0.15, 0.2) is 24.3 Å². The van der Waals surface area contributed by atoms with E-state index in [1.165, 1.54) is 11.8 Å². The van der Waals surface area contributed by atoms with Crippen molar-refractivity contribution in [3.63, 3.8) is 0 Å². The molecule has 1 rings (SSSR count). The molecule has 0 aliphatic heterocycles. The Bertz CT molecular complexity index is 488. The van der Waals surface area contributed by atoms with E-state index in [0.717, 1.165) is 12.8 Å². The third kappa shape index (κ3) is 6.39. The van der Waals surface area contributed by atoms with Gasteiger partial charge in [0.25, 0.3) is 5.24 Å². The molecule has 0 saturated carbocycles. The van der Waals surface area contributed by atoms with Gasteiger partial charge in [-0.05, 0) is 30.7 Å². The molecule has 122 valence electrons. The number of nitrogens with one attached hydrogen (secondary N) is 1. The van der Waals surface area contributed by atoms with Gasteiger partial charge >= 0.3 is 6.09 Å². The normalized spacial score (nSPS) is 10.1. The number of carbonyl (C=O) groups excluding carboxylic acids is 2. The van der Waals surface area contributed by atoms with E-state index in [0.29, 0.717) is 30.3 Å². The molecule has 5 nitrogen and oxygen atoms in total. The summed E-state index contributed by atoms with van der Waals surface area (Å²) in [5, 5.41) is 2.63. The fourth-order valence-electron chi connectivity index (χ4n) is 1.92. The molecule has 0 heterocycles. The molecule has 0 fully saturated rings. The maximum Gasteiger partial charge on any atom is 0.415 e. The minimum atomic E-state index is -0.352. The van der Waals surface area contributed by atoms with Crippen molar-refractivity contribution in [3.05, 3.63) is 24.3 Å². The molecule has 1 N–H and O–H groups in total. The molecule has 1 aromatic rings. The molecule has 2 amide bonds. The van der Waals surface area contributed by atoms with Crippen LogP contribution >= 0.6 is 11.8 Å². The zero-order valence-corrected chi connectivity index (χ0v) is 14.2. The van der Waals surface area contributed by atoms with Gasteiger partial charge in [-0.2, -0.15) is 0 Å². The number of carbonyl (C=O) groups is 2. The number of ether oxygens (including phenoxy) is 1. The van der Waals surface area contributed by atoms with Crippen LogP contribution < -0.4 is 10.1 Å². The van der Waals surface area contributed by atoms with E-state index < -0.39 is 0 Å². The van der Waals surface area contributed by atoms with Crippen molar-refractivity contribution in [1.82, 2.24) is 4.90 Å². The Hall–Kier alpha value is -1.69. The number of amides is 2. The van der Waals surface area contributed by atoms with Crippen LogP contribution in [-0.2, 0) is 0 Å². The molecule has 0 aliphatic carbocycles. The monoisotopic (exact) mass is 324 g/mol. The average Bonchev–Trinajstić information content (AvgIpc) is 2.47. The molecular weight excluding hydrogens is 300 g/mol. The highest BCUT2D eigenvalue weighted by molar-refractivity contribution is 8.13. The van der Waals surface area contributed by atoms with Crippen LogP contribution in [0.1, 0.15) is 33.6 Å². The predicted molar refractivity (Wildman–Crippen MR) is 91.8 cm³/mol. The summed E-state index contributed by atoms with van der Waals surface area (Å²) in [5.74, 6) is 1.14. The SMILES string of the molecule is CCCN(CCC)C(=O)Oc1cccc(NC(=O)SCC)c1. The molecule has 0 spiro atoms. The molecule has 0 atom stereocenters. The van der Waals surface area contributed by atoms with Crippen molar-refractivity contribution in [2.45, 2.75) is 33.6 Å². The van der Waals surface area contributed by atoms with E-state index in [4.69, 9.17) is 4.74 Å².